The zero-order valence-corrected chi connectivity index (χ0v) is 14.9. The summed E-state index contributed by atoms with van der Waals surface area (Å²) >= 11 is 0. The molecule has 5 nitrogen and oxygen atoms in total. The third kappa shape index (κ3) is 3.25. The first-order valence-corrected chi connectivity index (χ1v) is 9.85. The standard InChI is InChI=1S/C17H26N2O3S/c1-12(2)22-17-7-6-16(10-13(17)3)23(20,21)19-14-4-5-15(19)11-18-9-8-14/h6-7,10,12,14-15,18H,4-5,8-9,11H2,1-3H3. The van der Waals surface area contributed by atoms with E-state index in [-0.39, 0.29) is 18.2 Å². The summed E-state index contributed by atoms with van der Waals surface area (Å²) in [6.07, 6.45) is 2.89. The molecule has 1 N–H and O–H groups in total. The highest BCUT2D eigenvalue weighted by Gasteiger charge is 2.43. The fourth-order valence-electron chi connectivity index (χ4n) is 3.62. The summed E-state index contributed by atoms with van der Waals surface area (Å²) in [4.78, 5) is 0.380. The van der Waals surface area contributed by atoms with E-state index in [1.165, 1.54) is 0 Å². The van der Waals surface area contributed by atoms with Gasteiger partial charge in [-0.15, -0.1) is 0 Å². The summed E-state index contributed by atoms with van der Waals surface area (Å²) in [5.74, 6) is 0.749. The van der Waals surface area contributed by atoms with E-state index in [9.17, 15) is 8.42 Å². The second kappa shape index (κ2) is 6.42. The normalized spacial score (nSPS) is 25.6. The first-order chi connectivity index (χ1) is 10.9. The van der Waals surface area contributed by atoms with Crippen LogP contribution in [0, 0.1) is 6.92 Å². The van der Waals surface area contributed by atoms with E-state index >= 15 is 0 Å². The molecule has 3 rings (SSSR count). The number of nitrogens with zero attached hydrogens (tertiary/aromatic N) is 1. The van der Waals surface area contributed by atoms with Crippen LogP contribution in [-0.2, 0) is 10.0 Å². The van der Waals surface area contributed by atoms with Crippen molar-refractivity contribution >= 4 is 10.0 Å². The third-order valence-corrected chi connectivity index (χ3v) is 6.67. The molecule has 6 heteroatoms. The summed E-state index contributed by atoms with van der Waals surface area (Å²) in [5.41, 5.74) is 0.861. The summed E-state index contributed by atoms with van der Waals surface area (Å²) in [5, 5.41) is 3.35. The van der Waals surface area contributed by atoms with Crippen LogP contribution in [0.4, 0.5) is 0 Å². The van der Waals surface area contributed by atoms with Gasteiger partial charge in [0.05, 0.1) is 11.0 Å². The molecule has 2 aliphatic heterocycles. The molecule has 0 saturated carbocycles. The molecule has 0 aromatic heterocycles. The van der Waals surface area contributed by atoms with Crippen LogP contribution < -0.4 is 10.1 Å². The number of hydrogen-bond donors (Lipinski definition) is 1. The van der Waals surface area contributed by atoms with Crippen molar-refractivity contribution in [1.82, 2.24) is 9.62 Å². The van der Waals surface area contributed by atoms with Gasteiger partial charge in [-0.3, -0.25) is 0 Å². The molecule has 1 aromatic rings. The Morgan fingerprint density at radius 3 is 2.65 bits per heavy atom. The van der Waals surface area contributed by atoms with Crippen LogP contribution in [0.15, 0.2) is 23.1 Å². The number of sulfonamides is 1. The SMILES string of the molecule is Cc1cc(S(=O)(=O)N2C3CCNCC2CC3)ccc1OC(C)C. The summed E-state index contributed by atoms with van der Waals surface area (Å²) in [7, 11) is -3.45. The lowest BCUT2D eigenvalue weighted by Crippen LogP contribution is -2.42. The highest BCUT2D eigenvalue weighted by atomic mass is 32.2. The topological polar surface area (TPSA) is 58.6 Å². The molecule has 1 aromatic carbocycles. The minimum atomic E-state index is -3.45. The molecule has 128 valence electrons. The van der Waals surface area contributed by atoms with E-state index in [1.54, 1.807) is 22.5 Å². The lowest BCUT2D eigenvalue weighted by Gasteiger charge is -2.27. The minimum absolute atomic E-state index is 0.0729. The predicted molar refractivity (Wildman–Crippen MR) is 90.3 cm³/mol. The highest BCUT2D eigenvalue weighted by Crippen LogP contribution is 2.34. The van der Waals surface area contributed by atoms with Crippen LogP contribution in [-0.4, -0.2) is 44.0 Å². The Kier molecular flexibility index (Phi) is 4.67. The fraction of sp³-hybridized carbons (Fsp3) is 0.647. The Balaban J connectivity index is 1.92. The molecule has 2 bridgehead atoms. The molecule has 0 aliphatic carbocycles. The maximum absolute atomic E-state index is 13.1. The molecular formula is C17H26N2O3S. The van der Waals surface area contributed by atoms with Crippen LogP contribution in [0.25, 0.3) is 0 Å². The van der Waals surface area contributed by atoms with E-state index in [0.29, 0.717) is 4.90 Å². The zero-order chi connectivity index (χ0) is 16.6. The van der Waals surface area contributed by atoms with Crippen molar-refractivity contribution in [3.05, 3.63) is 23.8 Å². The monoisotopic (exact) mass is 338 g/mol. The smallest absolute Gasteiger partial charge is 0.243 e. The van der Waals surface area contributed by atoms with E-state index < -0.39 is 10.0 Å². The van der Waals surface area contributed by atoms with Gasteiger partial charge in [0, 0.05) is 18.6 Å². The summed E-state index contributed by atoms with van der Waals surface area (Å²) < 4.78 is 33.8. The third-order valence-electron chi connectivity index (χ3n) is 4.67. The maximum atomic E-state index is 13.1. The molecule has 0 spiro atoms. The summed E-state index contributed by atoms with van der Waals surface area (Å²) in [6.45, 7) is 7.48. The number of ether oxygens (including phenoxy) is 1. The highest BCUT2D eigenvalue weighted by molar-refractivity contribution is 7.89. The lowest BCUT2D eigenvalue weighted by atomic mass is 10.1. The Bertz CT molecular complexity index is 658. The van der Waals surface area contributed by atoms with Gasteiger partial charge >= 0.3 is 0 Å². The van der Waals surface area contributed by atoms with Crippen molar-refractivity contribution in [3.63, 3.8) is 0 Å². The molecule has 2 aliphatic rings. The lowest BCUT2D eigenvalue weighted by molar-refractivity contribution is 0.240. The molecule has 2 heterocycles. The van der Waals surface area contributed by atoms with Crippen molar-refractivity contribution in [1.29, 1.82) is 0 Å². The van der Waals surface area contributed by atoms with E-state index in [2.05, 4.69) is 5.32 Å². The molecule has 0 amide bonds. The molecule has 2 fully saturated rings. The van der Waals surface area contributed by atoms with Gasteiger partial charge in [-0.2, -0.15) is 4.31 Å². The second-order valence-electron chi connectivity index (χ2n) is 6.81. The first kappa shape index (κ1) is 16.7. The Hall–Kier alpha value is -1.11. The van der Waals surface area contributed by atoms with Crippen molar-refractivity contribution in [3.8, 4) is 5.75 Å². The van der Waals surface area contributed by atoms with E-state index in [1.807, 2.05) is 20.8 Å². The number of fused-ring (bicyclic) bond motifs is 2. The van der Waals surface area contributed by atoms with E-state index in [0.717, 1.165) is 43.7 Å². The quantitative estimate of drug-likeness (QED) is 0.915. The van der Waals surface area contributed by atoms with Gasteiger partial charge < -0.3 is 10.1 Å². The molecule has 2 unspecified atom stereocenters. The van der Waals surface area contributed by atoms with Crippen LogP contribution in [0.1, 0.15) is 38.7 Å². The van der Waals surface area contributed by atoms with Gasteiger partial charge in [0.25, 0.3) is 0 Å². The van der Waals surface area contributed by atoms with Crippen LogP contribution in [0.3, 0.4) is 0 Å². The first-order valence-electron chi connectivity index (χ1n) is 8.41. The fourth-order valence-corrected chi connectivity index (χ4v) is 5.61. The molecule has 2 atom stereocenters. The number of nitrogens with one attached hydrogen (secondary N) is 1. The van der Waals surface area contributed by atoms with Gasteiger partial charge in [-0.25, -0.2) is 8.42 Å². The number of benzene rings is 1. The average Bonchev–Trinajstić information content (AvgIpc) is 2.74. The largest absolute Gasteiger partial charge is 0.491 e. The van der Waals surface area contributed by atoms with Gasteiger partial charge in [0.15, 0.2) is 0 Å². The molecule has 2 saturated heterocycles. The Morgan fingerprint density at radius 2 is 1.96 bits per heavy atom. The van der Waals surface area contributed by atoms with Gasteiger partial charge in [-0.1, -0.05) is 0 Å². The van der Waals surface area contributed by atoms with Crippen molar-refractivity contribution in [2.24, 2.45) is 0 Å². The summed E-state index contributed by atoms with van der Waals surface area (Å²) in [6, 6.07) is 5.41. The molecule has 0 radical (unpaired) electrons. The predicted octanol–water partition coefficient (Wildman–Crippen LogP) is 2.30. The Labute approximate surface area is 139 Å². The minimum Gasteiger partial charge on any atom is -0.491 e. The van der Waals surface area contributed by atoms with Gasteiger partial charge in [-0.05, 0) is 70.3 Å². The number of hydrogen-bond acceptors (Lipinski definition) is 4. The molecular weight excluding hydrogens is 312 g/mol. The van der Waals surface area contributed by atoms with Gasteiger partial charge in [0.1, 0.15) is 5.75 Å². The number of aryl methyl sites for hydroxylation is 1. The number of rotatable bonds is 4. The Morgan fingerprint density at radius 1 is 1.22 bits per heavy atom. The van der Waals surface area contributed by atoms with Crippen molar-refractivity contribution < 1.29 is 13.2 Å². The molecule has 23 heavy (non-hydrogen) atoms. The zero-order valence-electron chi connectivity index (χ0n) is 14.1. The van der Waals surface area contributed by atoms with Crippen LogP contribution in [0.2, 0.25) is 0 Å². The van der Waals surface area contributed by atoms with E-state index in [4.69, 9.17) is 4.74 Å². The van der Waals surface area contributed by atoms with Gasteiger partial charge in [0.2, 0.25) is 10.0 Å². The average molecular weight is 338 g/mol. The van der Waals surface area contributed by atoms with Crippen molar-refractivity contribution in [2.75, 3.05) is 13.1 Å². The van der Waals surface area contributed by atoms with Crippen LogP contribution in [0.5, 0.6) is 5.75 Å². The maximum Gasteiger partial charge on any atom is 0.243 e. The van der Waals surface area contributed by atoms with Crippen molar-refractivity contribution in [2.45, 2.75) is 63.1 Å². The second-order valence-corrected chi connectivity index (χ2v) is 8.65. The van der Waals surface area contributed by atoms with Crippen LogP contribution >= 0.6 is 0 Å².